The maximum absolute atomic E-state index is 12.8. The van der Waals surface area contributed by atoms with E-state index in [-0.39, 0.29) is 6.42 Å². The molecule has 4 fully saturated rings. The highest BCUT2D eigenvalue weighted by molar-refractivity contribution is 5.73. The number of hydrogen-bond donors (Lipinski definition) is 2. The Morgan fingerprint density at radius 3 is 1.72 bits per heavy atom. The molecule has 4 aliphatic rings. The van der Waals surface area contributed by atoms with Crippen LogP contribution in [0, 0.1) is 5.41 Å². The number of carbonyl (C=O) groups is 1. The smallest absolute Gasteiger partial charge is 0.475 e. The van der Waals surface area contributed by atoms with Gasteiger partial charge in [0.25, 0.3) is 5.92 Å². The number of carboxylic acid groups (broad SMARTS) is 1. The lowest BCUT2D eigenvalue weighted by Crippen LogP contribution is -2.59. The summed E-state index contributed by atoms with van der Waals surface area (Å²) in [6.45, 7) is 0. The van der Waals surface area contributed by atoms with Gasteiger partial charge in [-0.3, -0.25) is 0 Å². The van der Waals surface area contributed by atoms with Crippen molar-refractivity contribution in [3.8, 4) is 0 Å². The molecule has 2 aliphatic heterocycles. The first-order valence-electron chi connectivity index (χ1n) is 5.50. The number of piperidine rings is 1. The molecule has 3 nitrogen and oxygen atoms in total. The van der Waals surface area contributed by atoms with Gasteiger partial charge in [-0.15, -0.1) is 0 Å². The Bertz CT molecular complexity index is 352. The zero-order valence-corrected chi connectivity index (χ0v) is 9.23. The molecule has 2 unspecified atom stereocenters. The van der Waals surface area contributed by atoms with Crippen molar-refractivity contribution in [1.29, 1.82) is 0 Å². The van der Waals surface area contributed by atoms with Gasteiger partial charge in [0.05, 0.1) is 0 Å². The maximum Gasteiger partial charge on any atom is 0.490 e. The molecule has 2 aliphatic carbocycles. The van der Waals surface area contributed by atoms with Gasteiger partial charge in [0.2, 0.25) is 0 Å². The predicted octanol–water partition coefficient (Wildman–Crippen LogP) is 2.17. The van der Waals surface area contributed by atoms with Gasteiger partial charge < -0.3 is 10.4 Å². The molecule has 2 bridgehead atoms. The number of halogens is 5. The van der Waals surface area contributed by atoms with Crippen molar-refractivity contribution in [1.82, 2.24) is 5.32 Å². The molecule has 0 aromatic carbocycles. The topological polar surface area (TPSA) is 49.3 Å². The van der Waals surface area contributed by atoms with Crippen LogP contribution in [0.5, 0.6) is 0 Å². The van der Waals surface area contributed by atoms with Crippen LogP contribution in [0.25, 0.3) is 0 Å². The fourth-order valence-electron chi connectivity index (χ4n) is 2.79. The Morgan fingerprint density at radius 2 is 1.56 bits per heavy atom. The summed E-state index contributed by atoms with van der Waals surface area (Å²) in [6.07, 6.45) is -2.35. The number of carboxylic acids is 1. The third-order valence-electron chi connectivity index (χ3n) is 3.77. The van der Waals surface area contributed by atoms with E-state index < -0.39 is 23.5 Å². The molecule has 2 saturated carbocycles. The van der Waals surface area contributed by atoms with Crippen LogP contribution in [-0.4, -0.2) is 35.3 Å². The van der Waals surface area contributed by atoms with Gasteiger partial charge in [0.1, 0.15) is 0 Å². The van der Waals surface area contributed by atoms with Crippen LogP contribution in [0.2, 0.25) is 0 Å². The lowest BCUT2D eigenvalue weighted by atomic mass is 9.73. The molecular formula is C10H12F5NO2. The zero-order valence-electron chi connectivity index (χ0n) is 9.23. The molecule has 1 spiro atoms. The standard InChI is InChI=1S/C8H11F2N.C2HF3O2/c9-8(10)4-7(8)2-5-1-6(3-7)11-5;3-2(4,5)1(6)7/h5-6,11H,1-4H2;(H,6,7). The highest BCUT2D eigenvalue weighted by Crippen LogP contribution is 2.68. The summed E-state index contributed by atoms with van der Waals surface area (Å²) >= 11 is 0. The summed E-state index contributed by atoms with van der Waals surface area (Å²) in [5.41, 5.74) is -0.550. The number of alkyl halides is 5. The quantitative estimate of drug-likeness (QED) is 0.665. The van der Waals surface area contributed by atoms with E-state index in [1.165, 1.54) is 0 Å². The second-order valence-corrected chi connectivity index (χ2v) is 5.17. The monoisotopic (exact) mass is 273 g/mol. The lowest BCUT2D eigenvalue weighted by Gasteiger charge is -2.47. The third-order valence-corrected chi connectivity index (χ3v) is 3.77. The van der Waals surface area contributed by atoms with Gasteiger partial charge in [-0.25, -0.2) is 13.6 Å². The summed E-state index contributed by atoms with van der Waals surface area (Å²) in [6, 6.07) is 0.837. The summed E-state index contributed by atoms with van der Waals surface area (Å²) in [5, 5.41) is 10.4. The average Bonchev–Trinajstić information content (AvgIpc) is 2.63. The molecular weight excluding hydrogens is 261 g/mol. The molecule has 2 saturated heterocycles. The van der Waals surface area contributed by atoms with E-state index in [1.54, 1.807) is 0 Å². The first kappa shape index (κ1) is 13.5. The molecule has 2 heterocycles. The van der Waals surface area contributed by atoms with Crippen molar-refractivity contribution in [2.24, 2.45) is 5.41 Å². The van der Waals surface area contributed by atoms with Crippen molar-refractivity contribution in [3.63, 3.8) is 0 Å². The molecule has 2 atom stereocenters. The Kier molecular flexibility index (Phi) is 2.84. The molecule has 0 amide bonds. The molecule has 8 heteroatoms. The van der Waals surface area contributed by atoms with Gasteiger partial charge >= 0.3 is 12.1 Å². The summed E-state index contributed by atoms with van der Waals surface area (Å²) in [7, 11) is 0. The second kappa shape index (κ2) is 3.79. The van der Waals surface area contributed by atoms with E-state index in [0.717, 1.165) is 19.3 Å². The number of rotatable bonds is 0. The Hall–Kier alpha value is -0.920. The Labute approximate surface area is 99.3 Å². The predicted molar refractivity (Wildman–Crippen MR) is 50.3 cm³/mol. The first-order valence-corrected chi connectivity index (χ1v) is 5.50. The van der Waals surface area contributed by atoms with E-state index in [0.29, 0.717) is 12.1 Å². The van der Waals surface area contributed by atoms with E-state index in [1.807, 2.05) is 0 Å². The molecule has 0 aromatic rings. The minimum Gasteiger partial charge on any atom is -0.475 e. The van der Waals surface area contributed by atoms with Crippen LogP contribution in [0.3, 0.4) is 0 Å². The van der Waals surface area contributed by atoms with Crippen LogP contribution in [-0.2, 0) is 4.79 Å². The lowest BCUT2D eigenvalue weighted by molar-refractivity contribution is -0.192. The molecule has 4 rings (SSSR count). The van der Waals surface area contributed by atoms with Crippen molar-refractivity contribution in [2.75, 3.05) is 0 Å². The SMILES string of the molecule is FC1(F)CC12CC1CC(C2)N1.O=C(O)C(F)(F)F. The summed E-state index contributed by atoms with van der Waals surface area (Å²) < 4.78 is 57.4. The largest absolute Gasteiger partial charge is 0.490 e. The average molecular weight is 273 g/mol. The number of nitrogens with one attached hydrogen (secondary N) is 1. The van der Waals surface area contributed by atoms with E-state index in [9.17, 15) is 22.0 Å². The van der Waals surface area contributed by atoms with Gasteiger partial charge in [-0.05, 0) is 19.3 Å². The molecule has 104 valence electrons. The van der Waals surface area contributed by atoms with Gasteiger partial charge in [-0.2, -0.15) is 13.2 Å². The van der Waals surface area contributed by atoms with Crippen LogP contribution in [0.1, 0.15) is 25.7 Å². The fourth-order valence-corrected chi connectivity index (χ4v) is 2.79. The number of aliphatic carboxylic acids is 1. The fraction of sp³-hybridized carbons (Fsp3) is 0.900. The van der Waals surface area contributed by atoms with Crippen molar-refractivity contribution < 1.29 is 31.9 Å². The van der Waals surface area contributed by atoms with Crippen molar-refractivity contribution in [2.45, 2.75) is 49.9 Å². The van der Waals surface area contributed by atoms with Crippen molar-refractivity contribution >= 4 is 5.97 Å². The second-order valence-electron chi connectivity index (χ2n) is 5.17. The molecule has 0 radical (unpaired) electrons. The zero-order chi connectivity index (χ0) is 13.8. The van der Waals surface area contributed by atoms with E-state index in [2.05, 4.69) is 5.32 Å². The van der Waals surface area contributed by atoms with E-state index in [4.69, 9.17) is 9.90 Å². The van der Waals surface area contributed by atoms with Crippen LogP contribution >= 0.6 is 0 Å². The van der Waals surface area contributed by atoms with Gasteiger partial charge in [0.15, 0.2) is 0 Å². The molecule has 18 heavy (non-hydrogen) atoms. The minimum atomic E-state index is -5.08. The summed E-state index contributed by atoms with van der Waals surface area (Å²) in [5.74, 6) is -5.07. The Balaban J connectivity index is 0.000000152. The van der Waals surface area contributed by atoms with E-state index >= 15 is 0 Å². The molecule has 0 aromatic heterocycles. The molecule has 2 N–H and O–H groups in total. The minimum absolute atomic E-state index is 0.161. The van der Waals surface area contributed by atoms with Crippen molar-refractivity contribution in [3.05, 3.63) is 0 Å². The van der Waals surface area contributed by atoms with Gasteiger partial charge in [-0.1, -0.05) is 0 Å². The van der Waals surface area contributed by atoms with Crippen LogP contribution < -0.4 is 5.32 Å². The van der Waals surface area contributed by atoms with Gasteiger partial charge in [0, 0.05) is 23.9 Å². The first-order chi connectivity index (χ1) is 8.06. The Morgan fingerprint density at radius 1 is 1.22 bits per heavy atom. The maximum atomic E-state index is 12.8. The summed E-state index contributed by atoms with van der Waals surface area (Å²) in [4.78, 5) is 8.90. The highest BCUT2D eigenvalue weighted by Gasteiger charge is 2.73. The number of hydrogen-bond acceptors (Lipinski definition) is 2. The third kappa shape index (κ3) is 2.30. The highest BCUT2D eigenvalue weighted by atomic mass is 19.4. The normalized spacial score (nSPS) is 39.4. The van der Waals surface area contributed by atoms with Crippen LogP contribution in [0.15, 0.2) is 0 Å². The van der Waals surface area contributed by atoms with Crippen LogP contribution in [0.4, 0.5) is 22.0 Å².